The molecule has 21 heavy (non-hydrogen) atoms. The van der Waals surface area contributed by atoms with Crippen molar-refractivity contribution in [3.05, 3.63) is 57.8 Å². The number of hydrogen-bond acceptors (Lipinski definition) is 2. The van der Waals surface area contributed by atoms with Crippen molar-refractivity contribution in [2.75, 3.05) is 6.54 Å². The Labute approximate surface area is 130 Å². The van der Waals surface area contributed by atoms with E-state index in [-0.39, 0.29) is 11.3 Å². The Kier molecular flexibility index (Phi) is 4.11. The molecule has 1 aliphatic rings. The molecule has 1 aliphatic carbocycles. The Morgan fingerprint density at radius 2 is 2.10 bits per heavy atom. The number of aryl methyl sites for hydroxylation is 1. The fourth-order valence-electron chi connectivity index (χ4n) is 3.32. The first-order valence-corrected chi connectivity index (χ1v) is 8.51. The highest BCUT2D eigenvalue weighted by Gasteiger charge is 2.36. The van der Waals surface area contributed by atoms with Crippen LogP contribution in [0.5, 0.6) is 0 Å². The molecule has 3 rings (SSSR count). The van der Waals surface area contributed by atoms with Crippen LogP contribution < -0.4 is 5.32 Å². The van der Waals surface area contributed by atoms with E-state index in [4.69, 9.17) is 0 Å². The lowest BCUT2D eigenvalue weighted by Gasteiger charge is -2.28. The maximum atomic E-state index is 12.4. The van der Waals surface area contributed by atoms with Gasteiger partial charge in [-0.2, -0.15) is 11.3 Å². The van der Waals surface area contributed by atoms with E-state index < -0.39 is 0 Å². The molecular weight excluding hydrogens is 278 g/mol. The van der Waals surface area contributed by atoms with Gasteiger partial charge in [0.25, 0.3) is 5.91 Å². The lowest BCUT2D eigenvalue weighted by Crippen LogP contribution is -2.38. The van der Waals surface area contributed by atoms with Crippen LogP contribution in [-0.2, 0) is 5.41 Å². The van der Waals surface area contributed by atoms with Gasteiger partial charge in [-0.05, 0) is 54.3 Å². The zero-order chi connectivity index (χ0) is 14.7. The summed E-state index contributed by atoms with van der Waals surface area (Å²) >= 11 is 1.74. The monoisotopic (exact) mass is 299 g/mol. The zero-order valence-electron chi connectivity index (χ0n) is 12.4. The summed E-state index contributed by atoms with van der Waals surface area (Å²) < 4.78 is 0. The third-order valence-corrected chi connectivity index (χ3v) is 5.25. The third-order valence-electron chi connectivity index (χ3n) is 4.56. The lowest BCUT2D eigenvalue weighted by molar-refractivity contribution is 0.0943. The van der Waals surface area contributed by atoms with Gasteiger partial charge in [0.2, 0.25) is 0 Å². The summed E-state index contributed by atoms with van der Waals surface area (Å²) in [6.45, 7) is 2.76. The number of hydrogen-bond donors (Lipinski definition) is 1. The largest absolute Gasteiger partial charge is 0.351 e. The van der Waals surface area contributed by atoms with Gasteiger partial charge in [-0.1, -0.05) is 30.5 Å². The van der Waals surface area contributed by atoms with Gasteiger partial charge in [0.05, 0.1) is 0 Å². The Hall–Kier alpha value is -1.61. The van der Waals surface area contributed by atoms with Crippen molar-refractivity contribution in [2.24, 2.45) is 0 Å². The van der Waals surface area contributed by atoms with Crippen LogP contribution in [-0.4, -0.2) is 12.5 Å². The minimum atomic E-state index is 0.0419. The van der Waals surface area contributed by atoms with Crippen molar-refractivity contribution in [3.8, 4) is 0 Å². The van der Waals surface area contributed by atoms with Crippen molar-refractivity contribution in [1.82, 2.24) is 5.32 Å². The van der Waals surface area contributed by atoms with Crippen LogP contribution in [0.25, 0.3) is 0 Å². The van der Waals surface area contributed by atoms with E-state index in [9.17, 15) is 4.79 Å². The number of thiophene rings is 1. The second kappa shape index (κ2) is 6.02. The van der Waals surface area contributed by atoms with E-state index in [0.717, 1.165) is 17.7 Å². The van der Waals surface area contributed by atoms with Gasteiger partial charge >= 0.3 is 0 Å². The quantitative estimate of drug-likeness (QED) is 0.896. The Balaban J connectivity index is 1.72. The van der Waals surface area contributed by atoms with Crippen molar-refractivity contribution in [2.45, 2.75) is 38.0 Å². The average molecular weight is 299 g/mol. The van der Waals surface area contributed by atoms with Crippen molar-refractivity contribution < 1.29 is 4.79 Å². The molecule has 1 amide bonds. The van der Waals surface area contributed by atoms with Gasteiger partial charge in [0.1, 0.15) is 0 Å². The topological polar surface area (TPSA) is 29.1 Å². The van der Waals surface area contributed by atoms with Crippen LogP contribution in [0.4, 0.5) is 0 Å². The first-order chi connectivity index (χ1) is 10.2. The predicted molar refractivity (Wildman–Crippen MR) is 88.0 cm³/mol. The highest BCUT2D eigenvalue weighted by molar-refractivity contribution is 7.08. The summed E-state index contributed by atoms with van der Waals surface area (Å²) in [4.78, 5) is 12.4. The summed E-state index contributed by atoms with van der Waals surface area (Å²) in [7, 11) is 0. The summed E-state index contributed by atoms with van der Waals surface area (Å²) in [5.74, 6) is 0.0419. The molecule has 3 heteroatoms. The van der Waals surface area contributed by atoms with Crippen LogP contribution in [0.1, 0.15) is 47.2 Å². The number of nitrogens with one attached hydrogen (secondary N) is 1. The first-order valence-electron chi connectivity index (χ1n) is 7.57. The number of rotatable bonds is 4. The summed E-state index contributed by atoms with van der Waals surface area (Å²) in [6, 6.07) is 10.00. The van der Waals surface area contributed by atoms with Gasteiger partial charge in [-0.15, -0.1) is 0 Å². The van der Waals surface area contributed by atoms with E-state index in [2.05, 4.69) is 22.1 Å². The van der Waals surface area contributed by atoms with Gasteiger partial charge in [-0.3, -0.25) is 4.79 Å². The fraction of sp³-hybridized carbons (Fsp3) is 0.389. The molecule has 2 aromatic rings. The van der Waals surface area contributed by atoms with Crippen LogP contribution in [0.3, 0.4) is 0 Å². The summed E-state index contributed by atoms with van der Waals surface area (Å²) in [5.41, 5.74) is 3.43. The van der Waals surface area contributed by atoms with Crippen LogP contribution >= 0.6 is 11.3 Å². The minimum absolute atomic E-state index is 0.0419. The molecule has 1 fully saturated rings. The summed E-state index contributed by atoms with van der Waals surface area (Å²) in [6.07, 6.45) is 4.88. The first kappa shape index (κ1) is 14.3. The lowest BCUT2D eigenvalue weighted by atomic mass is 9.80. The highest BCUT2D eigenvalue weighted by atomic mass is 32.1. The normalized spacial score (nSPS) is 16.8. The fourth-order valence-corrected chi connectivity index (χ4v) is 4.10. The Bertz CT molecular complexity index is 612. The predicted octanol–water partition coefficient (Wildman–Crippen LogP) is 4.30. The van der Waals surface area contributed by atoms with E-state index in [1.54, 1.807) is 11.3 Å². The molecule has 0 aliphatic heterocycles. The molecule has 2 nitrogen and oxygen atoms in total. The number of carbonyl (C=O) groups is 1. The molecule has 1 saturated carbocycles. The molecule has 0 atom stereocenters. The van der Waals surface area contributed by atoms with E-state index in [1.807, 2.05) is 31.2 Å². The highest BCUT2D eigenvalue weighted by Crippen LogP contribution is 2.41. The van der Waals surface area contributed by atoms with E-state index in [0.29, 0.717) is 0 Å². The number of carbonyl (C=O) groups excluding carboxylic acids is 1. The standard InChI is InChI=1S/C18H21NOS/c1-14-5-4-6-15(11-14)17(20)19-13-18(8-2-3-9-18)16-7-10-21-12-16/h4-7,10-12H,2-3,8-9,13H2,1H3,(H,19,20). The third kappa shape index (κ3) is 3.03. The second-order valence-electron chi connectivity index (χ2n) is 6.05. The average Bonchev–Trinajstić information content (AvgIpc) is 3.16. The molecule has 110 valence electrons. The molecule has 1 aromatic carbocycles. The van der Waals surface area contributed by atoms with Gasteiger partial charge in [0.15, 0.2) is 0 Å². The van der Waals surface area contributed by atoms with Crippen LogP contribution in [0.2, 0.25) is 0 Å². The van der Waals surface area contributed by atoms with Crippen LogP contribution in [0, 0.1) is 6.92 Å². The van der Waals surface area contributed by atoms with Gasteiger partial charge < -0.3 is 5.32 Å². The molecule has 1 N–H and O–H groups in total. The van der Waals surface area contributed by atoms with Crippen molar-refractivity contribution in [3.63, 3.8) is 0 Å². The Morgan fingerprint density at radius 3 is 2.76 bits per heavy atom. The molecule has 1 aromatic heterocycles. The van der Waals surface area contributed by atoms with Gasteiger partial charge in [-0.25, -0.2) is 0 Å². The van der Waals surface area contributed by atoms with Gasteiger partial charge in [0, 0.05) is 17.5 Å². The SMILES string of the molecule is Cc1cccc(C(=O)NCC2(c3ccsc3)CCCC2)c1. The minimum Gasteiger partial charge on any atom is -0.351 e. The number of benzene rings is 1. The Morgan fingerprint density at radius 1 is 1.29 bits per heavy atom. The molecule has 0 bridgehead atoms. The molecule has 0 spiro atoms. The second-order valence-corrected chi connectivity index (χ2v) is 6.83. The zero-order valence-corrected chi connectivity index (χ0v) is 13.2. The smallest absolute Gasteiger partial charge is 0.251 e. The number of amides is 1. The van der Waals surface area contributed by atoms with E-state index in [1.165, 1.54) is 31.2 Å². The molecule has 1 heterocycles. The van der Waals surface area contributed by atoms with Crippen molar-refractivity contribution >= 4 is 17.2 Å². The molecular formula is C18H21NOS. The maximum Gasteiger partial charge on any atom is 0.251 e. The molecule has 0 unspecified atom stereocenters. The van der Waals surface area contributed by atoms with Crippen molar-refractivity contribution in [1.29, 1.82) is 0 Å². The molecule has 0 saturated heterocycles. The summed E-state index contributed by atoms with van der Waals surface area (Å²) in [5, 5.41) is 7.54. The van der Waals surface area contributed by atoms with E-state index >= 15 is 0 Å². The maximum absolute atomic E-state index is 12.4. The molecule has 0 radical (unpaired) electrons. The van der Waals surface area contributed by atoms with Crippen LogP contribution in [0.15, 0.2) is 41.1 Å².